The Labute approximate surface area is 244 Å². The first-order valence-corrected chi connectivity index (χ1v) is 13.5. The predicted octanol–water partition coefficient (Wildman–Crippen LogP) is 9.00. The Bertz CT molecular complexity index is 1850. The SMILES string of the molecule is Nc1cccc(Oc2ccc(-c3cccc(C(=O)c4ccccc4)c3-c3ccc(Oc4cccc(N)c4)cc3)cc2)c1. The van der Waals surface area contributed by atoms with Crippen LogP contribution in [0.25, 0.3) is 22.3 Å². The molecule has 0 radical (unpaired) electrons. The van der Waals surface area contributed by atoms with E-state index < -0.39 is 0 Å². The molecule has 204 valence electrons. The Kier molecular flexibility index (Phi) is 7.38. The summed E-state index contributed by atoms with van der Waals surface area (Å²) in [7, 11) is 0. The zero-order chi connectivity index (χ0) is 28.9. The Balaban J connectivity index is 1.38. The van der Waals surface area contributed by atoms with Crippen molar-refractivity contribution in [2.45, 2.75) is 0 Å². The molecular formula is C37H28N2O3. The van der Waals surface area contributed by atoms with Gasteiger partial charge < -0.3 is 20.9 Å². The maximum atomic E-state index is 13.8. The summed E-state index contributed by atoms with van der Waals surface area (Å²) in [5, 5.41) is 0. The Morgan fingerprint density at radius 2 is 1.00 bits per heavy atom. The number of rotatable bonds is 8. The summed E-state index contributed by atoms with van der Waals surface area (Å²) in [5.74, 6) is 2.63. The lowest BCUT2D eigenvalue weighted by atomic mass is 9.87. The van der Waals surface area contributed by atoms with Gasteiger partial charge in [-0.15, -0.1) is 0 Å². The minimum atomic E-state index is -0.0471. The zero-order valence-electron chi connectivity index (χ0n) is 22.7. The molecule has 0 bridgehead atoms. The van der Waals surface area contributed by atoms with Gasteiger partial charge in [0.05, 0.1) is 0 Å². The number of hydrogen-bond donors (Lipinski definition) is 2. The second-order valence-electron chi connectivity index (χ2n) is 9.82. The fourth-order valence-corrected chi connectivity index (χ4v) is 4.86. The number of ketones is 1. The second kappa shape index (κ2) is 11.7. The van der Waals surface area contributed by atoms with E-state index in [1.807, 2.05) is 133 Å². The van der Waals surface area contributed by atoms with Crippen molar-refractivity contribution in [2.24, 2.45) is 0 Å². The number of carbonyl (C=O) groups is 1. The van der Waals surface area contributed by atoms with Crippen molar-refractivity contribution in [3.63, 3.8) is 0 Å². The summed E-state index contributed by atoms with van der Waals surface area (Å²) in [6, 6.07) is 45.3. The molecule has 4 N–H and O–H groups in total. The van der Waals surface area contributed by atoms with Crippen LogP contribution in [-0.2, 0) is 0 Å². The van der Waals surface area contributed by atoms with Gasteiger partial charge in [-0.05, 0) is 65.2 Å². The molecule has 0 aromatic heterocycles. The van der Waals surface area contributed by atoms with Gasteiger partial charge in [-0.25, -0.2) is 0 Å². The van der Waals surface area contributed by atoms with Crippen molar-refractivity contribution in [3.05, 3.63) is 157 Å². The number of ether oxygens (including phenoxy) is 2. The molecule has 0 saturated carbocycles. The molecule has 0 saturated heterocycles. The third-order valence-corrected chi connectivity index (χ3v) is 6.84. The maximum Gasteiger partial charge on any atom is 0.193 e. The van der Waals surface area contributed by atoms with Crippen LogP contribution in [0.1, 0.15) is 15.9 Å². The lowest BCUT2D eigenvalue weighted by Gasteiger charge is -2.16. The average Bonchev–Trinajstić information content (AvgIpc) is 3.02. The molecule has 0 fully saturated rings. The van der Waals surface area contributed by atoms with Gasteiger partial charge in [0.1, 0.15) is 23.0 Å². The fourth-order valence-electron chi connectivity index (χ4n) is 4.86. The van der Waals surface area contributed by atoms with E-state index >= 15 is 0 Å². The van der Waals surface area contributed by atoms with Gasteiger partial charge >= 0.3 is 0 Å². The first kappa shape index (κ1) is 26.4. The van der Waals surface area contributed by atoms with Gasteiger partial charge in [-0.1, -0.05) is 84.9 Å². The lowest BCUT2D eigenvalue weighted by molar-refractivity contribution is 0.103. The summed E-state index contributed by atoms with van der Waals surface area (Å²) < 4.78 is 12.0. The summed E-state index contributed by atoms with van der Waals surface area (Å²) >= 11 is 0. The van der Waals surface area contributed by atoms with Gasteiger partial charge in [-0.3, -0.25) is 4.79 Å². The largest absolute Gasteiger partial charge is 0.457 e. The molecule has 0 heterocycles. The Morgan fingerprint density at radius 3 is 1.55 bits per heavy atom. The number of hydrogen-bond acceptors (Lipinski definition) is 5. The number of benzene rings is 6. The van der Waals surface area contributed by atoms with Crippen molar-refractivity contribution in [1.82, 2.24) is 0 Å². The smallest absolute Gasteiger partial charge is 0.193 e. The fraction of sp³-hybridized carbons (Fsp3) is 0. The highest BCUT2D eigenvalue weighted by Crippen LogP contribution is 2.38. The average molecular weight is 549 g/mol. The van der Waals surface area contributed by atoms with Crippen LogP contribution in [0, 0.1) is 0 Å². The molecular weight excluding hydrogens is 520 g/mol. The summed E-state index contributed by atoms with van der Waals surface area (Å²) in [4.78, 5) is 13.8. The normalized spacial score (nSPS) is 10.7. The molecule has 0 atom stereocenters. The van der Waals surface area contributed by atoms with E-state index in [4.69, 9.17) is 20.9 Å². The van der Waals surface area contributed by atoms with Crippen molar-refractivity contribution in [1.29, 1.82) is 0 Å². The van der Waals surface area contributed by atoms with Crippen molar-refractivity contribution >= 4 is 17.2 Å². The van der Waals surface area contributed by atoms with Gasteiger partial charge in [0.25, 0.3) is 0 Å². The van der Waals surface area contributed by atoms with E-state index in [2.05, 4.69) is 0 Å². The number of nitrogen functional groups attached to an aromatic ring is 2. The number of carbonyl (C=O) groups excluding carboxylic acids is 1. The number of anilines is 2. The molecule has 0 amide bonds. The van der Waals surface area contributed by atoms with Crippen molar-refractivity contribution in [3.8, 4) is 45.3 Å². The minimum absolute atomic E-state index is 0.0471. The van der Waals surface area contributed by atoms with Gasteiger partial charge in [0, 0.05) is 40.2 Å². The monoisotopic (exact) mass is 548 g/mol. The van der Waals surface area contributed by atoms with E-state index in [9.17, 15) is 4.79 Å². The molecule has 6 aromatic carbocycles. The molecule has 0 spiro atoms. The zero-order valence-corrected chi connectivity index (χ0v) is 22.7. The van der Waals surface area contributed by atoms with Crippen molar-refractivity contribution in [2.75, 3.05) is 11.5 Å². The third-order valence-electron chi connectivity index (χ3n) is 6.84. The molecule has 6 aromatic rings. The molecule has 0 unspecified atom stereocenters. The number of nitrogens with two attached hydrogens (primary N) is 2. The molecule has 6 rings (SSSR count). The topological polar surface area (TPSA) is 87.6 Å². The van der Waals surface area contributed by atoms with Gasteiger partial charge in [0.2, 0.25) is 0 Å². The molecule has 42 heavy (non-hydrogen) atoms. The van der Waals surface area contributed by atoms with E-state index in [1.165, 1.54) is 0 Å². The standard InChI is InChI=1S/C37H28N2O3/c38-28-9-4-11-32(23-28)41-30-19-15-25(16-20-30)34-13-6-14-35(37(40)27-7-2-1-3-8-27)36(34)26-17-21-31(22-18-26)42-33-12-5-10-29(39)24-33/h1-24H,38-39H2. The van der Waals surface area contributed by atoms with Crippen LogP contribution in [0.4, 0.5) is 11.4 Å². The molecule has 0 aliphatic carbocycles. The molecule has 5 heteroatoms. The van der Waals surface area contributed by atoms with Gasteiger partial charge in [0.15, 0.2) is 5.78 Å². The van der Waals surface area contributed by atoms with Crippen LogP contribution in [0.15, 0.2) is 146 Å². The third kappa shape index (κ3) is 5.86. The van der Waals surface area contributed by atoms with E-state index in [0.717, 1.165) is 22.3 Å². The quantitative estimate of drug-likeness (QED) is 0.146. The van der Waals surface area contributed by atoms with Crippen LogP contribution in [0.2, 0.25) is 0 Å². The Hall–Kier alpha value is -5.81. The first-order chi connectivity index (χ1) is 20.5. The van der Waals surface area contributed by atoms with Crippen LogP contribution in [0.3, 0.4) is 0 Å². The summed E-state index contributed by atoms with van der Waals surface area (Å²) in [5.41, 5.74) is 17.9. The molecule has 0 aliphatic rings. The summed E-state index contributed by atoms with van der Waals surface area (Å²) in [6.45, 7) is 0. The minimum Gasteiger partial charge on any atom is -0.457 e. The van der Waals surface area contributed by atoms with E-state index in [-0.39, 0.29) is 5.78 Å². The lowest BCUT2D eigenvalue weighted by Crippen LogP contribution is -2.04. The highest BCUT2D eigenvalue weighted by Gasteiger charge is 2.19. The highest BCUT2D eigenvalue weighted by atomic mass is 16.5. The van der Waals surface area contributed by atoms with Crippen LogP contribution < -0.4 is 20.9 Å². The highest BCUT2D eigenvalue weighted by molar-refractivity contribution is 6.14. The molecule has 0 aliphatic heterocycles. The van der Waals surface area contributed by atoms with Crippen molar-refractivity contribution < 1.29 is 14.3 Å². The van der Waals surface area contributed by atoms with Crippen LogP contribution >= 0.6 is 0 Å². The Morgan fingerprint density at radius 1 is 0.476 bits per heavy atom. The second-order valence-corrected chi connectivity index (χ2v) is 9.82. The molecule has 5 nitrogen and oxygen atoms in total. The van der Waals surface area contributed by atoms with Gasteiger partial charge in [-0.2, -0.15) is 0 Å². The predicted molar refractivity (Wildman–Crippen MR) is 169 cm³/mol. The first-order valence-electron chi connectivity index (χ1n) is 13.5. The van der Waals surface area contributed by atoms with Crippen LogP contribution in [0.5, 0.6) is 23.0 Å². The maximum absolute atomic E-state index is 13.8. The van der Waals surface area contributed by atoms with Crippen LogP contribution in [-0.4, -0.2) is 5.78 Å². The van der Waals surface area contributed by atoms with E-state index in [1.54, 1.807) is 12.1 Å². The van der Waals surface area contributed by atoms with E-state index in [0.29, 0.717) is 45.5 Å². The summed E-state index contributed by atoms with van der Waals surface area (Å²) in [6.07, 6.45) is 0.